The number of aromatic hydroxyl groups is 2. The SMILES string of the molecule is C=C[C@H](c1cc(C(C)(C)C)c(O)c(C(C)(C)C)c1)c1ccccc1N=Cc1ccccc1O. The Morgan fingerprint density at radius 2 is 1.36 bits per heavy atom. The second-order valence-electron chi connectivity index (χ2n) is 10.6. The number of hydrogen-bond acceptors (Lipinski definition) is 3. The molecule has 2 N–H and O–H groups in total. The summed E-state index contributed by atoms with van der Waals surface area (Å²) in [6.07, 6.45) is 3.62. The zero-order chi connectivity index (χ0) is 24.4. The molecule has 0 amide bonds. The first-order valence-corrected chi connectivity index (χ1v) is 11.3. The van der Waals surface area contributed by atoms with Crippen LogP contribution >= 0.6 is 0 Å². The third kappa shape index (κ3) is 5.36. The minimum absolute atomic E-state index is 0.106. The number of benzene rings is 3. The molecule has 0 fully saturated rings. The van der Waals surface area contributed by atoms with Gasteiger partial charge in [-0.1, -0.05) is 90.1 Å². The molecule has 3 aromatic carbocycles. The van der Waals surface area contributed by atoms with Gasteiger partial charge in [0.05, 0.1) is 5.69 Å². The van der Waals surface area contributed by atoms with Crippen LogP contribution in [0.1, 0.15) is 75.3 Å². The number of aliphatic imine (C=N–C) groups is 1. The molecule has 0 heterocycles. The van der Waals surface area contributed by atoms with Crippen LogP contribution in [0.25, 0.3) is 0 Å². The number of hydrogen-bond donors (Lipinski definition) is 2. The quantitative estimate of drug-likeness (QED) is 0.314. The summed E-state index contributed by atoms with van der Waals surface area (Å²) in [4.78, 5) is 4.71. The van der Waals surface area contributed by atoms with Crippen LogP contribution in [0.5, 0.6) is 11.5 Å². The van der Waals surface area contributed by atoms with Crippen LogP contribution in [0.4, 0.5) is 5.69 Å². The van der Waals surface area contributed by atoms with Gasteiger partial charge in [-0.05, 0) is 51.3 Å². The van der Waals surface area contributed by atoms with E-state index in [-0.39, 0.29) is 22.5 Å². The van der Waals surface area contributed by atoms with Gasteiger partial charge in [0, 0.05) is 17.7 Å². The normalized spacial score (nSPS) is 13.3. The zero-order valence-electron chi connectivity index (χ0n) is 20.6. The van der Waals surface area contributed by atoms with Crippen molar-refractivity contribution in [3.63, 3.8) is 0 Å². The van der Waals surface area contributed by atoms with E-state index in [4.69, 9.17) is 4.99 Å². The largest absolute Gasteiger partial charge is 0.507 e. The number of phenolic OH excluding ortho intramolecular Hbond substituents is 2. The van der Waals surface area contributed by atoms with E-state index in [2.05, 4.69) is 66.3 Å². The second-order valence-corrected chi connectivity index (χ2v) is 10.6. The molecule has 3 nitrogen and oxygen atoms in total. The number of phenols is 2. The first-order valence-electron chi connectivity index (χ1n) is 11.3. The van der Waals surface area contributed by atoms with Crippen LogP contribution in [0.2, 0.25) is 0 Å². The Bertz CT molecular complexity index is 1140. The maximum atomic E-state index is 11.1. The Morgan fingerprint density at radius 3 is 1.91 bits per heavy atom. The maximum Gasteiger partial charge on any atom is 0.124 e. The van der Waals surface area contributed by atoms with Gasteiger partial charge < -0.3 is 10.2 Å². The minimum Gasteiger partial charge on any atom is -0.507 e. The Morgan fingerprint density at radius 1 is 0.818 bits per heavy atom. The summed E-state index contributed by atoms with van der Waals surface area (Å²) in [6, 6.07) is 19.3. The van der Waals surface area contributed by atoms with Gasteiger partial charge in [0.1, 0.15) is 11.5 Å². The van der Waals surface area contributed by atoms with E-state index in [1.54, 1.807) is 18.3 Å². The molecule has 172 valence electrons. The van der Waals surface area contributed by atoms with E-state index in [1.165, 1.54) is 0 Å². The highest BCUT2D eigenvalue weighted by Gasteiger charge is 2.28. The summed E-state index contributed by atoms with van der Waals surface area (Å²) in [7, 11) is 0. The van der Waals surface area contributed by atoms with Gasteiger partial charge in [-0.2, -0.15) is 0 Å². The Labute approximate surface area is 198 Å². The molecule has 3 heteroatoms. The fraction of sp³-hybridized carbons (Fsp3) is 0.300. The molecular weight excluding hydrogens is 406 g/mol. The van der Waals surface area contributed by atoms with Gasteiger partial charge in [-0.3, -0.25) is 4.99 Å². The monoisotopic (exact) mass is 441 g/mol. The van der Waals surface area contributed by atoms with Crippen molar-refractivity contribution < 1.29 is 10.2 Å². The summed E-state index contributed by atoms with van der Waals surface area (Å²) < 4.78 is 0. The fourth-order valence-electron chi connectivity index (χ4n) is 4.03. The summed E-state index contributed by atoms with van der Waals surface area (Å²) in [5, 5.41) is 21.2. The van der Waals surface area contributed by atoms with E-state index in [0.29, 0.717) is 11.3 Å². The maximum absolute atomic E-state index is 11.1. The molecule has 1 atom stereocenters. The molecule has 0 saturated carbocycles. The average molecular weight is 442 g/mol. The van der Waals surface area contributed by atoms with Gasteiger partial charge in [0.15, 0.2) is 0 Å². The minimum atomic E-state index is -0.214. The molecule has 0 aromatic heterocycles. The fourth-order valence-corrected chi connectivity index (χ4v) is 4.03. The van der Waals surface area contributed by atoms with Crippen LogP contribution in [-0.4, -0.2) is 16.4 Å². The lowest BCUT2D eigenvalue weighted by molar-refractivity contribution is 0.422. The summed E-state index contributed by atoms with van der Waals surface area (Å²) >= 11 is 0. The van der Waals surface area contributed by atoms with Crippen molar-refractivity contribution in [1.29, 1.82) is 0 Å². The molecule has 0 aliphatic rings. The average Bonchev–Trinajstić information content (AvgIpc) is 2.73. The van der Waals surface area contributed by atoms with Gasteiger partial charge in [0.25, 0.3) is 0 Å². The highest BCUT2D eigenvalue weighted by Crippen LogP contribution is 2.43. The number of nitrogens with zero attached hydrogens (tertiary/aromatic N) is 1. The van der Waals surface area contributed by atoms with Gasteiger partial charge in [-0.15, -0.1) is 6.58 Å². The van der Waals surface area contributed by atoms with Crippen molar-refractivity contribution in [2.45, 2.75) is 58.3 Å². The number of rotatable bonds is 5. The predicted molar refractivity (Wildman–Crippen MR) is 139 cm³/mol. The number of allylic oxidation sites excluding steroid dienone is 1. The molecule has 0 unspecified atom stereocenters. The lowest BCUT2D eigenvalue weighted by atomic mass is 9.76. The molecule has 0 saturated heterocycles. The third-order valence-electron chi connectivity index (χ3n) is 5.89. The molecule has 33 heavy (non-hydrogen) atoms. The molecule has 3 aromatic rings. The standard InChI is InChI=1S/C30H35NO2/c1-8-22(21-17-24(29(2,3)4)28(33)25(18-21)30(5,6)7)23-14-10-11-15-26(23)31-19-20-13-9-12-16-27(20)32/h8-19,22,32-33H,1H2,2-7H3/t22-/m1/s1. The topological polar surface area (TPSA) is 52.8 Å². The highest BCUT2D eigenvalue weighted by molar-refractivity contribution is 5.85. The Balaban J connectivity index is 2.17. The first kappa shape index (κ1) is 24.3. The molecular formula is C30H35NO2. The lowest BCUT2D eigenvalue weighted by Crippen LogP contribution is -2.18. The van der Waals surface area contributed by atoms with Crippen molar-refractivity contribution >= 4 is 11.9 Å². The number of para-hydroxylation sites is 2. The van der Waals surface area contributed by atoms with Crippen LogP contribution in [0.15, 0.2) is 78.3 Å². The van der Waals surface area contributed by atoms with Gasteiger partial charge in [-0.25, -0.2) is 0 Å². The Kier molecular flexibility index (Phi) is 6.83. The van der Waals surface area contributed by atoms with E-state index < -0.39 is 0 Å². The smallest absolute Gasteiger partial charge is 0.124 e. The molecule has 0 aliphatic carbocycles. The van der Waals surface area contributed by atoms with Gasteiger partial charge >= 0.3 is 0 Å². The molecule has 0 bridgehead atoms. The molecule has 0 radical (unpaired) electrons. The lowest BCUT2D eigenvalue weighted by Gasteiger charge is -2.29. The second kappa shape index (κ2) is 9.27. The molecule has 3 rings (SSSR count). The van der Waals surface area contributed by atoms with Crippen molar-refractivity contribution in [3.8, 4) is 11.5 Å². The van der Waals surface area contributed by atoms with Crippen molar-refractivity contribution in [3.05, 3.63) is 101 Å². The van der Waals surface area contributed by atoms with Gasteiger partial charge in [0.2, 0.25) is 0 Å². The van der Waals surface area contributed by atoms with E-state index in [0.717, 1.165) is 27.9 Å². The third-order valence-corrected chi connectivity index (χ3v) is 5.89. The Hall–Kier alpha value is -3.33. The van der Waals surface area contributed by atoms with E-state index in [1.807, 2.05) is 36.4 Å². The van der Waals surface area contributed by atoms with E-state index in [9.17, 15) is 10.2 Å². The van der Waals surface area contributed by atoms with Crippen LogP contribution < -0.4 is 0 Å². The van der Waals surface area contributed by atoms with Crippen molar-refractivity contribution in [2.75, 3.05) is 0 Å². The zero-order valence-corrected chi connectivity index (χ0v) is 20.6. The summed E-state index contributed by atoms with van der Waals surface area (Å²) in [6.45, 7) is 16.8. The van der Waals surface area contributed by atoms with Crippen LogP contribution in [0.3, 0.4) is 0 Å². The van der Waals surface area contributed by atoms with Crippen molar-refractivity contribution in [2.24, 2.45) is 4.99 Å². The van der Waals surface area contributed by atoms with E-state index >= 15 is 0 Å². The molecule has 0 spiro atoms. The first-order chi connectivity index (χ1) is 15.4. The van der Waals surface area contributed by atoms with Crippen LogP contribution in [0, 0.1) is 0 Å². The highest BCUT2D eigenvalue weighted by atomic mass is 16.3. The van der Waals surface area contributed by atoms with Crippen molar-refractivity contribution in [1.82, 2.24) is 0 Å². The predicted octanol–water partition coefficient (Wildman–Crippen LogP) is 7.76. The van der Waals surface area contributed by atoms with Crippen LogP contribution in [-0.2, 0) is 10.8 Å². The molecule has 0 aliphatic heterocycles. The summed E-state index contributed by atoms with van der Waals surface area (Å²) in [5.41, 5.74) is 4.99. The summed E-state index contributed by atoms with van der Waals surface area (Å²) in [5.74, 6) is 0.458.